The minimum Gasteiger partial charge on any atom is -0.435 e. The van der Waals surface area contributed by atoms with Crippen LogP contribution in [0.2, 0.25) is 5.02 Å². The molecule has 0 unspecified atom stereocenters. The summed E-state index contributed by atoms with van der Waals surface area (Å²) in [5.74, 6) is 1.27. The molecule has 18 aromatic carbocycles. The van der Waals surface area contributed by atoms with Crippen LogP contribution in [0.4, 0.5) is 34.1 Å². The monoisotopic (exact) mass is 1540 g/mol. The normalized spacial score (nSPS) is 13.0. The lowest BCUT2D eigenvalue weighted by Gasteiger charge is -2.30. The molecule has 568 valence electrons. The maximum absolute atomic E-state index is 6.50. The third-order valence-electron chi connectivity index (χ3n) is 22.8. The first-order chi connectivity index (χ1) is 57.8. The Hall–Kier alpha value is -14.3. The number of ether oxygens (including phenoxy) is 2. The van der Waals surface area contributed by atoms with Crippen molar-refractivity contribution < 1.29 is 18.3 Å². The molecule has 8 nitrogen and oxygen atoms in total. The van der Waals surface area contributed by atoms with Gasteiger partial charge >= 0.3 is 0 Å². The molecule has 20 aromatic rings. The van der Waals surface area contributed by atoms with Gasteiger partial charge in [-0.1, -0.05) is 297 Å². The van der Waals surface area contributed by atoms with Gasteiger partial charge in [0.05, 0.1) is 11.2 Å². The molecule has 118 heavy (non-hydrogen) atoms. The third kappa shape index (κ3) is 15.0. The zero-order valence-electron chi connectivity index (χ0n) is 65.6. The zero-order chi connectivity index (χ0) is 79.7. The molecule has 0 spiro atoms. The number of aromatic nitrogens is 2. The van der Waals surface area contributed by atoms with Gasteiger partial charge in [-0.2, -0.15) is 0 Å². The number of fused-ring (bicyclic) bond motifs is 10. The average Bonchev–Trinajstić information content (AvgIpc) is 1.45. The number of hydrogen-bond donors (Lipinski definition) is 0. The molecule has 3 heterocycles. The van der Waals surface area contributed by atoms with E-state index in [1.54, 1.807) is 0 Å². The fraction of sp³-hybridized carbons (Fsp3) is 0.0642. The first-order valence-electron chi connectivity index (χ1n) is 39.9. The summed E-state index contributed by atoms with van der Waals surface area (Å²) in [6.45, 7) is 8.34. The van der Waals surface area contributed by atoms with Crippen LogP contribution in [0.15, 0.2) is 421 Å². The highest BCUT2D eigenvalue weighted by Crippen LogP contribution is 2.47. The van der Waals surface area contributed by atoms with Crippen molar-refractivity contribution >= 4 is 111 Å². The average molecular weight is 1550 g/mol. The smallest absolute Gasteiger partial charge is 0.227 e. The van der Waals surface area contributed by atoms with E-state index in [4.69, 9.17) is 34.9 Å². The Labute approximate surface area is 691 Å². The topological polar surface area (TPSA) is 77.0 Å². The van der Waals surface area contributed by atoms with Crippen molar-refractivity contribution in [3.63, 3.8) is 0 Å². The maximum atomic E-state index is 6.50. The van der Waals surface area contributed by atoms with E-state index in [0.29, 0.717) is 11.8 Å². The number of halogens is 1. The quantitative estimate of drug-likeness (QED) is 0.0997. The molecular formula is C109H81ClN4O4. The van der Waals surface area contributed by atoms with Crippen LogP contribution in [-0.4, -0.2) is 21.2 Å². The predicted octanol–water partition coefficient (Wildman–Crippen LogP) is 30.8. The van der Waals surface area contributed by atoms with Gasteiger partial charge in [0.2, 0.25) is 11.8 Å². The standard InChI is InChI=1S/C51H34N2O.C37H35NO2.C21H12ClNO/c1-4-10-35(11-5-1)37-20-27-44(28-21-37)53(45-29-22-38(23-30-45)36-12-6-2-7-13-36)46-31-24-39(25-32-46)43-19-17-40-16-18-41-26-33-48-50(49(41)47(40)34-43)54-51(52-48)42-14-8-3-9-15-42;1-36(2)37(3,4)40-35(39-36)31-19-25-34(26-20-31)38(32-21-15-29(16-22-32)27-11-7-5-8-12-27)33-23-17-30(18-24-33)28-13-9-6-10-14-28;22-16-10-8-13-6-7-14-9-11-18-20(19(14)17(13)12-16)24-21(23-18)15-4-2-1-3-5-15/h1-34H;5-26,35H,1-4H3;1-12H. The van der Waals surface area contributed by atoms with Gasteiger partial charge in [0, 0.05) is 66.6 Å². The molecule has 1 saturated heterocycles. The number of benzene rings is 18. The summed E-state index contributed by atoms with van der Waals surface area (Å²) < 4.78 is 25.2. The van der Waals surface area contributed by atoms with Gasteiger partial charge in [0.25, 0.3) is 0 Å². The third-order valence-corrected chi connectivity index (χ3v) is 23.0. The highest BCUT2D eigenvalue weighted by Gasteiger charge is 2.49. The number of anilines is 6. The second-order valence-corrected chi connectivity index (χ2v) is 31.2. The van der Waals surface area contributed by atoms with Crippen LogP contribution in [0.25, 0.3) is 144 Å². The predicted molar refractivity (Wildman–Crippen MR) is 490 cm³/mol. The molecule has 9 heteroatoms. The first-order valence-corrected chi connectivity index (χ1v) is 40.3. The van der Waals surface area contributed by atoms with E-state index in [2.05, 4.69) is 358 Å². The van der Waals surface area contributed by atoms with Crippen molar-refractivity contribution in [2.45, 2.75) is 45.2 Å². The molecule has 0 saturated carbocycles. The van der Waals surface area contributed by atoms with E-state index >= 15 is 0 Å². The number of nitrogens with zero attached hydrogens (tertiary/aromatic N) is 4. The Morgan fingerprint density at radius 3 is 0.847 bits per heavy atom. The molecular weight excluding hydrogens is 1460 g/mol. The zero-order valence-corrected chi connectivity index (χ0v) is 66.4. The Bertz CT molecular complexity index is 6750. The second-order valence-electron chi connectivity index (χ2n) is 30.8. The fourth-order valence-electron chi connectivity index (χ4n) is 15.8. The van der Waals surface area contributed by atoms with Crippen molar-refractivity contribution in [3.05, 3.63) is 423 Å². The Morgan fingerprint density at radius 1 is 0.254 bits per heavy atom. The number of oxazole rings is 2. The van der Waals surface area contributed by atoms with Crippen LogP contribution in [0.5, 0.6) is 0 Å². The van der Waals surface area contributed by atoms with Crippen LogP contribution in [0.1, 0.15) is 39.5 Å². The molecule has 0 atom stereocenters. The first kappa shape index (κ1) is 73.9. The summed E-state index contributed by atoms with van der Waals surface area (Å²) in [6, 6.07) is 144. The highest BCUT2D eigenvalue weighted by molar-refractivity contribution is 6.32. The van der Waals surface area contributed by atoms with E-state index in [1.807, 2.05) is 97.1 Å². The summed E-state index contributed by atoms with van der Waals surface area (Å²) in [7, 11) is 0. The van der Waals surface area contributed by atoms with Crippen LogP contribution in [0.3, 0.4) is 0 Å². The molecule has 0 N–H and O–H groups in total. The van der Waals surface area contributed by atoms with Crippen molar-refractivity contribution in [3.8, 4) is 78.5 Å². The van der Waals surface area contributed by atoms with E-state index in [9.17, 15) is 0 Å². The second kappa shape index (κ2) is 31.9. The van der Waals surface area contributed by atoms with Crippen LogP contribution in [-0.2, 0) is 9.47 Å². The molecule has 21 rings (SSSR count). The summed E-state index contributed by atoms with van der Waals surface area (Å²) in [5, 5.41) is 9.64. The molecule has 0 radical (unpaired) electrons. The lowest BCUT2D eigenvalue weighted by molar-refractivity contribution is -0.0895. The van der Waals surface area contributed by atoms with Crippen molar-refractivity contribution in [1.82, 2.24) is 9.97 Å². The minimum absolute atomic E-state index is 0.372. The largest absolute Gasteiger partial charge is 0.435 e. The number of rotatable bonds is 14. The van der Waals surface area contributed by atoms with E-state index < -0.39 is 0 Å². The molecule has 0 amide bonds. The summed E-state index contributed by atoms with van der Waals surface area (Å²) >= 11 is 6.23. The van der Waals surface area contributed by atoms with Gasteiger partial charge in [-0.3, -0.25) is 0 Å². The van der Waals surface area contributed by atoms with Crippen LogP contribution in [0, 0.1) is 0 Å². The molecule has 0 bridgehead atoms. The summed E-state index contributed by atoms with van der Waals surface area (Å²) in [4.78, 5) is 14.1. The minimum atomic E-state index is -0.386. The molecule has 2 aromatic heterocycles. The lowest BCUT2D eigenvalue weighted by atomic mass is 9.90. The fourth-order valence-corrected chi connectivity index (χ4v) is 16.0. The SMILES string of the molecule is CC1(C)OC(c2ccc(N(c3ccc(-c4ccccc4)cc3)c3ccc(-c4ccccc4)cc3)cc2)OC1(C)C.Clc1ccc2ccc3ccc4nc(-c5ccccc5)oc4c3c2c1.c1ccc(-c2ccc(N(c3ccc(-c4ccccc4)cc3)c3ccc(-c4ccc5ccc6ccc7nc(-c8ccccc8)oc7c6c5c4)cc3)cc2)cc1. The van der Waals surface area contributed by atoms with E-state index in [0.717, 1.165) is 132 Å². The van der Waals surface area contributed by atoms with E-state index in [1.165, 1.54) is 44.5 Å². The Balaban J connectivity index is 0.000000126. The van der Waals surface area contributed by atoms with Crippen molar-refractivity contribution in [2.75, 3.05) is 9.80 Å². The highest BCUT2D eigenvalue weighted by atomic mass is 35.5. The van der Waals surface area contributed by atoms with E-state index in [-0.39, 0.29) is 17.5 Å². The molecule has 1 aliphatic rings. The maximum Gasteiger partial charge on any atom is 0.227 e. The molecule has 1 aliphatic heterocycles. The summed E-state index contributed by atoms with van der Waals surface area (Å²) in [5.41, 5.74) is 24.0. The van der Waals surface area contributed by atoms with Gasteiger partial charge in [-0.15, -0.1) is 0 Å². The Morgan fingerprint density at radius 2 is 0.508 bits per heavy atom. The lowest BCUT2D eigenvalue weighted by Crippen LogP contribution is -2.41. The molecule has 1 fully saturated rings. The van der Waals surface area contributed by atoms with Crippen molar-refractivity contribution in [1.29, 1.82) is 0 Å². The van der Waals surface area contributed by atoms with Gasteiger partial charge in [0.15, 0.2) is 17.5 Å². The summed E-state index contributed by atoms with van der Waals surface area (Å²) in [6.07, 6.45) is -0.386. The van der Waals surface area contributed by atoms with Crippen LogP contribution < -0.4 is 9.80 Å². The van der Waals surface area contributed by atoms with Gasteiger partial charge in [-0.25, -0.2) is 9.97 Å². The van der Waals surface area contributed by atoms with Crippen molar-refractivity contribution in [2.24, 2.45) is 0 Å². The van der Waals surface area contributed by atoms with Gasteiger partial charge in [0.1, 0.15) is 11.0 Å². The van der Waals surface area contributed by atoms with Crippen LogP contribution >= 0.6 is 11.6 Å². The van der Waals surface area contributed by atoms with Gasteiger partial charge < -0.3 is 28.1 Å². The van der Waals surface area contributed by atoms with Gasteiger partial charge in [-0.05, 0) is 243 Å². The Kier molecular flexibility index (Phi) is 19.9. The number of hydrogen-bond acceptors (Lipinski definition) is 8. The molecule has 0 aliphatic carbocycles.